The van der Waals surface area contributed by atoms with Crippen LogP contribution in [0.2, 0.25) is 0 Å². The monoisotopic (exact) mass is 353 g/mol. The highest BCUT2D eigenvalue weighted by Crippen LogP contribution is 2.29. The van der Waals surface area contributed by atoms with Gasteiger partial charge in [-0.25, -0.2) is 0 Å². The highest BCUT2D eigenvalue weighted by molar-refractivity contribution is 9.10. The Bertz CT molecular complexity index is 467. The summed E-state index contributed by atoms with van der Waals surface area (Å²) < 4.78 is 46.1. The fourth-order valence-corrected chi connectivity index (χ4v) is 2.71. The van der Waals surface area contributed by atoms with Crippen molar-refractivity contribution in [3.8, 4) is 5.75 Å². The Kier molecular flexibility index (Phi) is 4.93. The van der Waals surface area contributed by atoms with Crippen LogP contribution < -0.4 is 4.74 Å². The third-order valence-corrected chi connectivity index (χ3v) is 3.95. The van der Waals surface area contributed by atoms with Crippen molar-refractivity contribution < 1.29 is 22.6 Å². The molecule has 0 N–H and O–H groups in total. The Labute approximate surface area is 123 Å². The van der Waals surface area contributed by atoms with Crippen LogP contribution in [0.25, 0.3) is 0 Å². The second kappa shape index (κ2) is 6.32. The molecule has 0 spiro atoms. The van der Waals surface area contributed by atoms with Gasteiger partial charge in [0.25, 0.3) is 0 Å². The van der Waals surface area contributed by atoms with Crippen LogP contribution in [0.5, 0.6) is 5.75 Å². The lowest BCUT2D eigenvalue weighted by Gasteiger charge is -2.17. The van der Waals surface area contributed by atoms with Gasteiger partial charge in [0.2, 0.25) is 0 Å². The van der Waals surface area contributed by atoms with Gasteiger partial charge in [0.05, 0.1) is 6.10 Å². The van der Waals surface area contributed by atoms with E-state index in [4.69, 9.17) is 4.74 Å². The number of hydrogen-bond acceptors (Lipinski definition) is 3. The number of likely N-dealkylation sites (tertiary alicyclic amines) is 1. The van der Waals surface area contributed by atoms with Crippen LogP contribution in [-0.4, -0.2) is 37.6 Å². The first-order valence-electron chi connectivity index (χ1n) is 6.16. The minimum Gasteiger partial charge on any atom is -0.406 e. The highest BCUT2D eigenvalue weighted by atomic mass is 79.9. The summed E-state index contributed by atoms with van der Waals surface area (Å²) in [6.45, 7) is 2.43. The number of nitrogens with zero attached hydrogens (tertiary/aromatic N) is 1. The van der Waals surface area contributed by atoms with Crippen molar-refractivity contribution in [2.45, 2.75) is 25.4 Å². The van der Waals surface area contributed by atoms with Crippen LogP contribution in [-0.2, 0) is 11.3 Å². The number of halogens is 4. The van der Waals surface area contributed by atoms with E-state index in [0.29, 0.717) is 11.0 Å². The molecule has 1 aromatic carbocycles. The number of hydrogen-bond donors (Lipinski definition) is 0. The van der Waals surface area contributed by atoms with Crippen molar-refractivity contribution in [3.63, 3.8) is 0 Å². The molecule has 2 rings (SSSR count). The van der Waals surface area contributed by atoms with E-state index in [1.165, 1.54) is 12.1 Å². The first kappa shape index (κ1) is 15.6. The predicted molar refractivity (Wildman–Crippen MR) is 71.5 cm³/mol. The number of alkyl halides is 3. The quantitative estimate of drug-likeness (QED) is 0.825. The molecule has 1 fully saturated rings. The molecule has 0 amide bonds. The van der Waals surface area contributed by atoms with E-state index < -0.39 is 6.36 Å². The third-order valence-electron chi connectivity index (χ3n) is 3.21. The molecule has 0 bridgehead atoms. The standard InChI is InChI=1S/C13H15BrF3NO2/c1-19-11-4-5-18(8-11)7-9-2-3-10(6-12(9)14)20-13(15,16)17/h2-3,6,11H,4-5,7-8H2,1H3/t11-/m1/s1. The van der Waals surface area contributed by atoms with Gasteiger partial charge in [0.1, 0.15) is 5.75 Å². The summed E-state index contributed by atoms with van der Waals surface area (Å²) in [6.07, 6.45) is -3.45. The first-order valence-corrected chi connectivity index (χ1v) is 6.96. The van der Waals surface area contributed by atoms with Crippen LogP contribution in [0.3, 0.4) is 0 Å². The molecule has 1 heterocycles. The summed E-state index contributed by atoms with van der Waals surface area (Å²) in [5.41, 5.74) is 0.927. The molecule has 1 aliphatic rings. The van der Waals surface area contributed by atoms with E-state index in [0.717, 1.165) is 25.1 Å². The lowest BCUT2D eigenvalue weighted by atomic mass is 10.2. The Morgan fingerprint density at radius 2 is 2.15 bits per heavy atom. The molecular formula is C13H15BrF3NO2. The summed E-state index contributed by atoms with van der Waals surface area (Å²) >= 11 is 3.29. The maximum Gasteiger partial charge on any atom is 0.573 e. The van der Waals surface area contributed by atoms with E-state index in [-0.39, 0.29) is 11.9 Å². The summed E-state index contributed by atoms with van der Waals surface area (Å²) in [5.74, 6) is -0.218. The Hall–Kier alpha value is -0.790. The van der Waals surface area contributed by atoms with Crippen LogP contribution in [0.4, 0.5) is 13.2 Å². The van der Waals surface area contributed by atoms with Gasteiger partial charge in [0.15, 0.2) is 0 Å². The fourth-order valence-electron chi connectivity index (χ4n) is 2.23. The molecule has 1 aliphatic heterocycles. The molecule has 3 nitrogen and oxygen atoms in total. The average Bonchev–Trinajstić information content (AvgIpc) is 2.78. The van der Waals surface area contributed by atoms with Gasteiger partial charge in [-0.2, -0.15) is 0 Å². The summed E-state index contributed by atoms with van der Waals surface area (Å²) in [7, 11) is 1.69. The normalized spacial score (nSPS) is 20.4. The van der Waals surface area contributed by atoms with E-state index in [2.05, 4.69) is 25.6 Å². The fraction of sp³-hybridized carbons (Fsp3) is 0.538. The van der Waals surface area contributed by atoms with Gasteiger partial charge in [-0.3, -0.25) is 4.90 Å². The molecule has 0 aliphatic carbocycles. The molecule has 0 unspecified atom stereocenters. The second-order valence-electron chi connectivity index (χ2n) is 4.68. The zero-order valence-corrected chi connectivity index (χ0v) is 12.5. The van der Waals surface area contributed by atoms with Crippen molar-refractivity contribution in [2.24, 2.45) is 0 Å². The van der Waals surface area contributed by atoms with Crippen molar-refractivity contribution in [1.82, 2.24) is 4.90 Å². The molecule has 0 saturated carbocycles. The largest absolute Gasteiger partial charge is 0.573 e. The van der Waals surface area contributed by atoms with Gasteiger partial charge in [0, 0.05) is 31.2 Å². The number of benzene rings is 1. The van der Waals surface area contributed by atoms with Gasteiger partial charge >= 0.3 is 6.36 Å². The van der Waals surface area contributed by atoms with E-state index in [9.17, 15) is 13.2 Å². The minimum absolute atomic E-state index is 0.218. The molecular weight excluding hydrogens is 339 g/mol. The zero-order valence-electron chi connectivity index (χ0n) is 10.9. The maximum atomic E-state index is 12.1. The SMILES string of the molecule is CO[C@@H]1CCN(Cc2ccc(OC(F)(F)F)cc2Br)C1. The maximum absolute atomic E-state index is 12.1. The summed E-state index contributed by atoms with van der Waals surface area (Å²) in [4.78, 5) is 2.21. The van der Waals surface area contributed by atoms with Gasteiger partial charge in [-0.15, -0.1) is 13.2 Å². The molecule has 20 heavy (non-hydrogen) atoms. The Balaban J connectivity index is 1.99. The van der Waals surface area contributed by atoms with Gasteiger partial charge in [-0.1, -0.05) is 22.0 Å². The van der Waals surface area contributed by atoms with Crippen LogP contribution in [0.15, 0.2) is 22.7 Å². The van der Waals surface area contributed by atoms with Crippen molar-refractivity contribution in [2.75, 3.05) is 20.2 Å². The number of ether oxygens (including phenoxy) is 2. The molecule has 112 valence electrons. The number of rotatable bonds is 4. The number of methoxy groups -OCH3 is 1. The lowest BCUT2D eigenvalue weighted by Crippen LogP contribution is -2.22. The van der Waals surface area contributed by atoms with Gasteiger partial charge < -0.3 is 9.47 Å². The topological polar surface area (TPSA) is 21.7 Å². The molecule has 7 heteroatoms. The highest BCUT2D eigenvalue weighted by Gasteiger charge is 2.31. The van der Waals surface area contributed by atoms with E-state index in [1.807, 2.05) is 0 Å². The first-order chi connectivity index (χ1) is 9.37. The zero-order chi connectivity index (χ0) is 14.8. The van der Waals surface area contributed by atoms with Crippen molar-refractivity contribution in [1.29, 1.82) is 0 Å². The smallest absolute Gasteiger partial charge is 0.406 e. The molecule has 0 aromatic heterocycles. The van der Waals surface area contributed by atoms with Crippen LogP contribution in [0.1, 0.15) is 12.0 Å². The summed E-state index contributed by atoms with van der Waals surface area (Å²) in [5, 5.41) is 0. The molecule has 1 aromatic rings. The average molecular weight is 354 g/mol. The minimum atomic E-state index is -4.67. The van der Waals surface area contributed by atoms with Crippen LogP contribution in [0, 0.1) is 0 Å². The second-order valence-corrected chi connectivity index (χ2v) is 5.54. The van der Waals surface area contributed by atoms with Gasteiger partial charge in [-0.05, 0) is 24.1 Å². The Morgan fingerprint density at radius 3 is 2.70 bits per heavy atom. The third kappa shape index (κ3) is 4.36. The van der Waals surface area contributed by atoms with Crippen molar-refractivity contribution in [3.05, 3.63) is 28.2 Å². The molecule has 1 saturated heterocycles. The predicted octanol–water partition coefficient (Wildman–Crippen LogP) is 3.57. The Morgan fingerprint density at radius 1 is 1.40 bits per heavy atom. The lowest BCUT2D eigenvalue weighted by molar-refractivity contribution is -0.274. The summed E-state index contributed by atoms with van der Waals surface area (Å²) in [6, 6.07) is 4.31. The molecule has 1 atom stereocenters. The van der Waals surface area contributed by atoms with Crippen LogP contribution >= 0.6 is 15.9 Å². The van der Waals surface area contributed by atoms with Crippen molar-refractivity contribution >= 4 is 15.9 Å². The van der Waals surface area contributed by atoms with E-state index in [1.54, 1.807) is 13.2 Å². The molecule has 0 radical (unpaired) electrons. The van der Waals surface area contributed by atoms with E-state index >= 15 is 0 Å².